The first kappa shape index (κ1) is 22.1. The second-order valence-corrected chi connectivity index (χ2v) is 8.98. The Morgan fingerprint density at radius 2 is 1.88 bits per heavy atom. The second-order valence-electron chi connectivity index (χ2n) is 8.98. The number of nitrogens with zero attached hydrogens (tertiary/aromatic N) is 1. The number of piperidine rings is 1. The highest BCUT2D eigenvalue weighted by molar-refractivity contribution is 5.89. The number of anilines is 3. The summed E-state index contributed by atoms with van der Waals surface area (Å²) in [7, 11) is 0. The van der Waals surface area contributed by atoms with Crippen molar-refractivity contribution in [3.63, 3.8) is 0 Å². The van der Waals surface area contributed by atoms with Crippen LogP contribution >= 0.6 is 0 Å². The second kappa shape index (κ2) is 9.59. The van der Waals surface area contributed by atoms with E-state index in [1.807, 2.05) is 18.2 Å². The third kappa shape index (κ3) is 5.03. The van der Waals surface area contributed by atoms with Crippen molar-refractivity contribution in [2.24, 2.45) is 11.8 Å². The van der Waals surface area contributed by atoms with Gasteiger partial charge in [0, 0.05) is 60.8 Å². The van der Waals surface area contributed by atoms with Crippen LogP contribution in [-0.4, -0.2) is 31.4 Å². The largest absolute Gasteiger partial charge is 0.372 e. The van der Waals surface area contributed by atoms with Gasteiger partial charge in [-0.3, -0.25) is 9.59 Å². The smallest absolute Gasteiger partial charge is 0.225 e. The molecule has 0 spiro atoms. The molecule has 0 aromatic heterocycles. The molecule has 4 rings (SSSR count). The Labute approximate surface area is 188 Å². The average molecular weight is 439 g/mol. The fourth-order valence-corrected chi connectivity index (χ4v) is 4.31. The minimum Gasteiger partial charge on any atom is -0.372 e. The summed E-state index contributed by atoms with van der Waals surface area (Å²) in [5.41, 5.74) is 3.75. The normalized spacial score (nSPS) is 19.0. The Kier molecular flexibility index (Phi) is 6.63. The van der Waals surface area contributed by atoms with Crippen LogP contribution in [0.3, 0.4) is 0 Å². The van der Waals surface area contributed by atoms with Crippen LogP contribution in [0.4, 0.5) is 21.5 Å². The lowest BCUT2D eigenvalue weighted by atomic mass is 9.99. The molecule has 2 aliphatic rings. The summed E-state index contributed by atoms with van der Waals surface area (Å²) in [6, 6.07) is 11.8. The minimum atomic E-state index is -0.385. The maximum atomic E-state index is 14.9. The van der Waals surface area contributed by atoms with E-state index in [4.69, 9.17) is 0 Å². The van der Waals surface area contributed by atoms with E-state index in [2.05, 4.69) is 39.9 Å². The van der Waals surface area contributed by atoms with Crippen LogP contribution in [-0.2, 0) is 16.1 Å². The van der Waals surface area contributed by atoms with E-state index in [0.717, 1.165) is 24.7 Å². The third-order valence-corrected chi connectivity index (χ3v) is 6.56. The van der Waals surface area contributed by atoms with Crippen LogP contribution in [0.15, 0.2) is 36.4 Å². The number of nitrogens with one attached hydrogen (secondary N) is 3. The number of hydrogen-bond donors (Lipinski definition) is 3. The van der Waals surface area contributed by atoms with E-state index in [1.54, 1.807) is 13.0 Å². The van der Waals surface area contributed by atoms with E-state index in [9.17, 15) is 14.0 Å². The van der Waals surface area contributed by atoms with Gasteiger partial charge in [0.25, 0.3) is 0 Å². The molecule has 0 aliphatic carbocycles. The lowest BCUT2D eigenvalue weighted by Gasteiger charge is -2.32. The van der Waals surface area contributed by atoms with E-state index in [-0.39, 0.29) is 36.5 Å². The SMILES string of the molecule is Cc1c(Nc2ccc(N3CCC(C)CC3)cc2)ccc(CNC(=O)C2CNC(=O)C2)c1F. The van der Waals surface area contributed by atoms with Crippen LogP contribution in [0.1, 0.15) is 37.3 Å². The van der Waals surface area contributed by atoms with Gasteiger partial charge in [0.1, 0.15) is 5.82 Å². The number of carbonyl (C=O) groups excluding carboxylic acids is 2. The van der Waals surface area contributed by atoms with E-state index in [0.29, 0.717) is 23.4 Å². The van der Waals surface area contributed by atoms with Gasteiger partial charge in [-0.2, -0.15) is 0 Å². The zero-order chi connectivity index (χ0) is 22.7. The summed E-state index contributed by atoms with van der Waals surface area (Å²) in [6.07, 6.45) is 2.63. The van der Waals surface area contributed by atoms with Gasteiger partial charge in [0.15, 0.2) is 0 Å². The molecule has 7 heteroatoms. The van der Waals surface area contributed by atoms with Gasteiger partial charge >= 0.3 is 0 Å². The monoisotopic (exact) mass is 438 g/mol. The molecule has 1 unspecified atom stereocenters. The highest BCUT2D eigenvalue weighted by Gasteiger charge is 2.27. The number of halogens is 1. The first-order chi connectivity index (χ1) is 15.4. The standard InChI is InChI=1S/C25H31FN4O2/c1-16-9-11-30(12-10-16)21-6-4-20(5-7-21)29-22-8-3-18(24(26)17(22)2)14-28-25(32)19-13-23(31)27-15-19/h3-8,16,19,29H,9-15H2,1-2H3,(H,27,31)(H,28,32). The van der Waals surface area contributed by atoms with Gasteiger partial charge in [-0.05, 0) is 56.0 Å². The topological polar surface area (TPSA) is 73.5 Å². The molecule has 170 valence electrons. The predicted octanol–water partition coefficient (Wildman–Crippen LogP) is 3.87. The molecule has 2 saturated heterocycles. The molecule has 32 heavy (non-hydrogen) atoms. The number of hydrogen-bond acceptors (Lipinski definition) is 4. The zero-order valence-electron chi connectivity index (χ0n) is 18.7. The van der Waals surface area contributed by atoms with Crippen molar-refractivity contribution < 1.29 is 14.0 Å². The summed E-state index contributed by atoms with van der Waals surface area (Å²) >= 11 is 0. The van der Waals surface area contributed by atoms with Crippen molar-refractivity contribution in [3.05, 3.63) is 53.3 Å². The molecule has 0 radical (unpaired) electrons. The molecule has 2 heterocycles. The highest BCUT2D eigenvalue weighted by atomic mass is 19.1. The predicted molar refractivity (Wildman–Crippen MR) is 124 cm³/mol. The van der Waals surface area contributed by atoms with Crippen molar-refractivity contribution >= 4 is 28.9 Å². The summed E-state index contributed by atoms with van der Waals surface area (Å²) in [6.45, 7) is 6.64. The quantitative estimate of drug-likeness (QED) is 0.640. The van der Waals surface area contributed by atoms with Crippen LogP contribution in [0.25, 0.3) is 0 Å². The fraction of sp³-hybridized carbons (Fsp3) is 0.440. The van der Waals surface area contributed by atoms with Crippen molar-refractivity contribution in [3.8, 4) is 0 Å². The minimum absolute atomic E-state index is 0.0969. The lowest BCUT2D eigenvalue weighted by molar-refractivity contribution is -0.126. The van der Waals surface area contributed by atoms with Crippen molar-refractivity contribution in [2.75, 3.05) is 29.9 Å². The first-order valence-electron chi connectivity index (χ1n) is 11.3. The molecule has 2 aromatic carbocycles. The summed E-state index contributed by atoms with van der Waals surface area (Å²) in [4.78, 5) is 25.9. The van der Waals surface area contributed by atoms with Crippen LogP contribution in [0, 0.1) is 24.6 Å². The van der Waals surface area contributed by atoms with E-state index < -0.39 is 0 Å². The molecule has 2 fully saturated rings. The van der Waals surface area contributed by atoms with Crippen molar-refractivity contribution in [1.29, 1.82) is 0 Å². The maximum Gasteiger partial charge on any atom is 0.225 e. The van der Waals surface area contributed by atoms with E-state index >= 15 is 0 Å². The van der Waals surface area contributed by atoms with E-state index in [1.165, 1.54) is 18.5 Å². The molecule has 2 amide bonds. The molecule has 6 nitrogen and oxygen atoms in total. The van der Waals surface area contributed by atoms with Crippen LogP contribution in [0.5, 0.6) is 0 Å². The number of carbonyl (C=O) groups is 2. The molecule has 3 N–H and O–H groups in total. The maximum absolute atomic E-state index is 14.9. The van der Waals surface area contributed by atoms with Gasteiger partial charge in [0.05, 0.1) is 5.92 Å². The molecule has 1 atom stereocenters. The van der Waals surface area contributed by atoms with Gasteiger partial charge in [-0.25, -0.2) is 4.39 Å². The summed E-state index contributed by atoms with van der Waals surface area (Å²) in [5, 5.41) is 8.68. The van der Waals surface area contributed by atoms with Gasteiger partial charge in [-0.15, -0.1) is 0 Å². The number of amides is 2. The van der Waals surface area contributed by atoms with Crippen LogP contribution < -0.4 is 20.9 Å². The van der Waals surface area contributed by atoms with Gasteiger partial charge in [-0.1, -0.05) is 13.0 Å². The van der Waals surface area contributed by atoms with Crippen LogP contribution in [0.2, 0.25) is 0 Å². The molecule has 2 aliphatic heterocycles. The zero-order valence-corrected chi connectivity index (χ0v) is 18.7. The summed E-state index contributed by atoms with van der Waals surface area (Å²) < 4.78 is 14.9. The first-order valence-corrected chi connectivity index (χ1v) is 11.3. The molecule has 0 saturated carbocycles. The molecular formula is C25H31FN4O2. The third-order valence-electron chi connectivity index (χ3n) is 6.56. The average Bonchev–Trinajstić information content (AvgIpc) is 3.24. The lowest BCUT2D eigenvalue weighted by Crippen LogP contribution is -2.32. The Morgan fingerprint density at radius 1 is 1.16 bits per heavy atom. The Hall–Kier alpha value is -3.09. The highest BCUT2D eigenvalue weighted by Crippen LogP contribution is 2.28. The molecule has 2 aromatic rings. The van der Waals surface area contributed by atoms with Gasteiger partial charge in [0.2, 0.25) is 11.8 Å². The fourth-order valence-electron chi connectivity index (χ4n) is 4.31. The molecule has 0 bridgehead atoms. The Bertz CT molecular complexity index is 984. The Morgan fingerprint density at radius 3 is 2.53 bits per heavy atom. The van der Waals surface area contributed by atoms with Crippen molar-refractivity contribution in [2.45, 2.75) is 39.7 Å². The molecular weight excluding hydrogens is 407 g/mol. The van der Waals surface area contributed by atoms with Gasteiger partial charge < -0.3 is 20.9 Å². The van der Waals surface area contributed by atoms with Crippen molar-refractivity contribution in [1.82, 2.24) is 10.6 Å². The Balaban J connectivity index is 1.36. The number of rotatable bonds is 6. The number of benzene rings is 2. The summed E-state index contributed by atoms with van der Waals surface area (Å²) in [5.74, 6) is -0.281.